The fourth-order valence-corrected chi connectivity index (χ4v) is 2.16. The van der Waals surface area contributed by atoms with E-state index in [9.17, 15) is 4.79 Å². The van der Waals surface area contributed by atoms with Gasteiger partial charge in [-0.15, -0.1) is 0 Å². The van der Waals surface area contributed by atoms with Crippen molar-refractivity contribution in [2.24, 2.45) is 0 Å². The molecule has 0 aliphatic rings. The first-order valence-corrected chi connectivity index (χ1v) is 6.84. The van der Waals surface area contributed by atoms with E-state index >= 15 is 0 Å². The Morgan fingerprint density at radius 1 is 1.10 bits per heavy atom. The maximum atomic E-state index is 12.1. The molecule has 1 amide bonds. The Kier molecular flexibility index (Phi) is 4.70. The predicted molar refractivity (Wildman–Crippen MR) is 81.2 cm³/mol. The van der Waals surface area contributed by atoms with E-state index in [1.54, 1.807) is 6.92 Å². The number of amides is 1. The van der Waals surface area contributed by atoms with Crippen LogP contribution in [0.2, 0.25) is 20.2 Å². The Morgan fingerprint density at radius 2 is 1.80 bits per heavy atom. The molecule has 0 fully saturated rings. The molecule has 0 atom stereocenters. The van der Waals surface area contributed by atoms with Gasteiger partial charge in [0, 0.05) is 6.20 Å². The number of aromatic nitrogens is 2. The summed E-state index contributed by atoms with van der Waals surface area (Å²) in [4.78, 5) is 20.0. The maximum Gasteiger partial charge on any atom is 0.258 e. The number of rotatable bonds is 2. The van der Waals surface area contributed by atoms with Gasteiger partial charge in [-0.05, 0) is 19.1 Å². The fraction of sp³-hybridized carbons (Fsp3) is 0.0833. The average Bonchev–Trinajstić information content (AvgIpc) is 2.38. The SMILES string of the molecule is Cc1nc(NC(=O)c2cc(Cl)ncc2Cl)c(Cl)cc1Cl. The Hall–Kier alpha value is -1.07. The molecule has 0 saturated carbocycles. The number of pyridine rings is 2. The number of carbonyl (C=O) groups excluding carboxylic acids is 1. The number of anilines is 1. The molecule has 0 aliphatic carbocycles. The Balaban J connectivity index is 2.32. The number of aryl methyl sites for hydroxylation is 1. The molecule has 0 unspecified atom stereocenters. The number of nitrogens with one attached hydrogen (secondary N) is 1. The topological polar surface area (TPSA) is 54.9 Å². The lowest BCUT2D eigenvalue weighted by Crippen LogP contribution is -2.14. The van der Waals surface area contributed by atoms with Crippen molar-refractivity contribution in [1.29, 1.82) is 0 Å². The van der Waals surface area contributed by atoms with E-state index in [1.807, 2.05) is 0 Å². The summed E-state index contributed by atoms with van der Waals surface area (Å²) < 4.78 is 0. The minimum Gasteiger partial charge on any atom is -0.305 e. The zero-order valence-electron chi connectivity index (χ0n) is 10.0. The van der Waals surface area contributed by atoms with Crippen molar-refractivity contribution >= 4 is 58.1 Å². The molecular formula is C12H7Cl4N3O. The molecule has 4 nitrogen and oxygen atoms in total. The third-order valence-corrected chi connectivity index (χ3v) is 3.58. The number of halogens is 4. The normalized spacial score (nSPS) is 10.4. The van der Waals surface area contributed by atoms with Crippen molar-refractivity contribution in [2.75, 3.05) is 5.32 Å². The van der Waals surface area contributed by atoms with Crippen LogP contribution < -0.4 is 5.32 Å². The summed E-state index contributed by atoms with van der Waals surface area (Å²) >= 11 is 23.5. The summed E-state index contributed by atoms with van der Waals surface area (Å²) in [6, 6.07) is 2.86. The first-order valence-electron chi connectivity index (χ1n) is 5.33. The summed E-state index contributed by atoms with van der Waals surface area (Å²) in [6.07, 6.45) is 1.29. The molecule has 2 heterocycles. The van der Waals surface area contributed by atoms with E-state index in [4.69, 9.17) is 46.4 Å². The lowest BCUT2D eigenvalue weighted by atomic mass is 10.2. The minimum atomic E-state index is -0.490. The first kappa shape index (κ1) is 15.3. The van der Waals surface area contributed by atoms with Crippen LogP contribution in [0.5, 0.6) is 0 Å². The summed E-state index contributed by atoms with van der Waals surface area (Å²) in [6.45, 7) is 1.70. The molecule has 0 bridgehead atoms. The third kappa shape index (κ3) is 3.33. The fourth-order valence-electron chi connectivity index (χ4n) is 1.41. The van der Waals surface area contributed by atoms with Gasteiger partial charge < -0.3 is 5.32 Å². The van der Waals surface area contributed by atoms with Crippen LogP contribution in [-0.2, 0) is 0 Å². The second-order valence-corrected chi connectivity index (χ2v) is 5.44. The highest BCUT2D eigenvalue weighted by Gasteiger charge is 2.15. The van der Waals surface area contributed by atoms with Gasteiger partial charge in [0.2, 0.25) is 0 Å². The van der Waals surface area contributed by atoms with Crippen LogP contribution in [-0.4, -0.2) is 15.9 Å². The minimum absolute atomic E-state index is 0.158. The van der Waals surface area contributed by atoms with Crippen molar-refractivity contribution in [3.05, 3.63) is 49.8 Å². The Labute approximate surface area is 135 Å². The first-order chi connectivity index (χ1) is 9.38. The number of nitrogens with zero attached hydrogens (tertiary/aromatic N) is 2. The van der Waals surface area contributed by atoms with Gasteiger partial charge in [-0.2, -0.15) is 0 Å². The van der Waals surface area contributed by atoms with E-state index in [0.29, 0.717) is 10.7 Å². The van der Waals surface area contributed by atoms with Crippen molar-refractivity contribution in [3.8, 4) is 0 Å². The Morgan fingerprint density at radius 3 is 2.50 bits per heavy atom. The molecule has 2 aromatic heterocycles. The molecule has 0 spiro atoms. The third-order valence-electron chi connectivity index (χ3n) is 2.40. The van der Waals surface area contributed by atoms with Crippen LogP contribution in [0, 0.1) is 6.92 Å². The van der Waals surface area contributed by atoms with Crippen molar-refractivity contribution in [1.82, 2.24) is 9.97 Å². The van der Waals surface area contributed by atoms with Crippen molar-refractivity contribution in [2.45, 2.75) is 6.92 Å². The van der Waals surface area contributed by atoms with E-state index in [0.717, 1.165) is 0 Å². The largest absolute Gasteiger partial charge is 0.305 e. The zero-order chi connectivity index (χ0) is 14.9. The molecule has 0 aliphatic heterocycles. The quantitative estimate of drug-likeness (QED) is 0.802. The van der Waals surface area contributed by atoms with E-state index < -0.39 is 5.91 Å². The molecule has 104 valence electrons. The smallest absolute Gasteiger partial charge is 0.258 e. The summed E-state index contributed by atoms with van der Waals surface area (Å²) in [7, 11) is 0. The molecule has 2 aromatic rings. The Bertz CT molecular complexity index is 691. The van der Waals surface area contributed by atoms with Crippen molar-refractivity contribution in [3.63, 3.8) is 0 Å². The highest BCUT2D eigenvalue weighted by molar-refractivity contribution is 6.38. The summed E-state index contributed by atoms with van der Waals surface area (Å²) in [5.74, 6) is -0.294. The molecule has 1 N–H and O–H groups in total. The highest BCUT2D eigenvalue weighted by atomic mass is 35.5. The molecule has 2 rings (SSSR count). The number of carbonyl (C=O) groups is 1. The van der Waals surface area contributed by atoms with Crippen LogP contribution in [0.3, 0.4) is 0 Å². The highest BCUT2D eigenvalue weighted by Crippen LogP contribution is 2.27. The van der Waals surface area contributed by atoms with Crippen molar-refractivity contribution < 1.29 is 4.79 Å². The van der Waals surface area contributed by atoms with Gasteiger partial charge in [-0.25, -0.2) is 9.97 Å². The average molecular weight is 351 g/mol. The molecule has 20 heavy (non-hydrogen) atoms. The van der Waals surface area contributed by atoms with Crippen LogP contribution >= 0.6 is 46.4 Å². The van der Waals surface area contributed by atoms with Crippen LogP contribution in [0.25, 0.3) is 0 Å². The second kappa shape index (κ2) is 6.14. The summed E-state index contributed by atoms with van der Waals surface area (Å²) in [5, 5.41) is 3.53. The van der Waals surface area contributed by atoms with Gasteiger partial charge >= 0.3 is 0 Å². The second-order valence-electron chi connectivity index (χ2n) is 3.83. The molecule has 8 heteroatoms. The zero-order valence-corrected chi connectivity index (χ0v) is 13.1. The van der Waals surface area contributed by atoms with Crippen LogP contribution in [0.1, 0.15) is 16.1 Å². The maximum absolute atomic E-state index is 12.1. The standard InChI is InChI=1S/C12H7Cl4N3O/c1-5-7(13)3-8(14)11(18-5)19-12(20)6-2-10(16)17-4-9(6)15/h2-4H,1H3,(H,18,19,20). The van der Waals surface area contributed by atoms with Gasteiger partial charge in [0.05, 0.1) is 26.3 Å². The van der Waals surface area contributed by atoms with Crippen LogP contribution in [0.4, 0.5) is 5.82 Å². The van der Waals surface area contributed by atoms with Gasteiger partial charge in [0.15, 0.2) is 5.82 Å². The van der Waals surface area contributed by atoms with Crippen LogP contribution in [0.15, 0.2) is 18.3 Å². The van der Waals surface area contributed by atoms with Gasteiger partial charge in [-0.1, -0.05) is 46.4 Å². The van der Waals surface area contributed by atoms with Gasteiger partial charge in [0.25, 0.3) is 5.91 Å². The predicted octanol–water partition coefficient (Wildman–Crippen LogP) is 4.65. The monoisotopic (exact) mass is 349 g/mol. The lowest BCUT2D eigenvalue weighted by molar-refractivity contribution is 0.102. The molecular weight excluding hydrogens is 344 g/mol. The molecule has 0 saturated heterocycles. The van der Waals surface area contributed by atoms with E-state index in [-0.39, 0.29) is 26.6 Å². The van der Waals surface area contributed by atoms with E-state index in [2.05, 4.69) is 15.3 Å². The van der Waals surface area contributed by atoms with Gasteiger partial charge in [0.1, 0.15) is 5.15 Å². The number of hydrogen-bond acceptors (Lipinski definition) is 3. The molecule has 0 aromatic carbocycles. The van der Waals surface area contributed by atoms with Gasteiger partial charge in [-0.3, -0.25) is 4.79 Å². The lowest BCUT2D eigenvalue weighted by Gasteiger charge is -2.09. The van der Waals surface area contributed by atoms with E-state index in [1.165, 1.54) is 18.3 Å². The summed E-state index contributed by atoms with van der Waals surface area (Å²) in [5.41, 5.74) is 0.724. The molecule has 0 radical (unpaired) electrons. The number of hydrogen-bond donors (Lipinski definition) is 1.